The molecule has 0 heterocycles. The molecule has 0 bridgehead atoms. The van der Waals surface area contributed by atoms with Gasteiger partial charge >= 0.3 is 0 Å². The maximum atomic E-state index is 14.1. The first-order valence-electron chi connectivity index (χ1n) is 13.1. The summed E-state index contributed by atoms with van der Waals surface area (Å²) in [6.07, 6.45) is 3.04. The number of anilines is 1. The van der Waals surface area contributed by atoms with Crippen molar-refractivity contribution in [1.82, 2.24) is 10.2 Å². The fourth-order valence-electron chi connectivity index (χ4n) is 4.27. The molecule has 0 fully saturated rings. The molecule has 0 saturated heterocycles. The molecular formula is C30H36BrN3O5S. The smallest absolute Gasteiger partial charge is 0.244 e. The van der Waals surface area contributed by atoms with Crippen LogP contribution in [0.3, 0.4) is 0 Å². The Hall–Kier alpha value is -3.37. The number of hydrogen-bond donors (Lipinski definition) is 1. The zero-order chi connectivity index (χ0) is 29.1. The van der Waals surface area contributed by atoms with Gasteiger partial charge in [-0.1, -0.05) is 77.8 Å². The van der Waals surface area contributed by atoms with Gasteiger partial charge in [-0.3, -0.25) is 13.9 Å². The average molecular weight is 631 g/mol. The molecule has 0 aliphatic rings. The standard InChI is InChI=1S/C30H36BrN3O5S/c1-4-5-17-32-30(36)28(19-23-11-7-6-8-12-23)33(21-24-13-9-16-27(18-24)39-2)29(35)22-34(40(3,37)38)26-15-10-14-25(31)20-26/h6-16,18,20,28H,4-5,17,19,21-22H2,1-3H3,(H,32,36). The van der Waals surface area contributed by atoms with Crippen molar-refractivity contribution in [3.05, 3.63) is 94.5 Å². The van der Waals surface area contributed by atoms with Crippen molar-refractivity contribution < 1.29 is 22.7 Å². The lowest BCUT2D eigenvalue weighted by atomic mass is 10.0. The summed E-state index contributed by atoms with van der Waals surface area (Å²) in [4.78, 5) is 29.2. The van der Waals surface area contributed by atoms with E-state index in [1.165, 1.54) is 4.90 Å². The van der Waals surface area contributed by atoms with Gasteiger partial charge in [0.2, 0.25) is 21.8 Å². The number of nitrogens with one attached hydrogen (secondary N) is 1. The average Bonchev–Trinajstić information content (AvgIpc) is 2.93. The topological polar surface area (TPSA) is 96.0 Å². The summed E-state index contributed by atoms with van der Waals surface area (Å²) in [6, 6.07) is 22.6. The van der Waals surface area contributed by atoms with Crippen molar-refractivity contribution in [2.75, 3.05) is 30.8 Å². The van der Waals surface area contributed by atoms with Gasteiger partial charge in [0.15, 0.2) is 0 Å². The lowest BCUT2D eigenvalue weighted by Gasteiger charge is -2.33. The van der Waals surface area contributed by atoms with Gasteiger partial charge in [-0.25, -0.2) is 8.42 Å². The van der Waals surface area contributed by atoms with Crippen LogP contribution in [-0.4, -0.2) is 57.6 Å². The van der Waals surface area contributed by atoms with Gasteiger partial charge in [0.25, 0.3) is 0 Å². The molecule has 0 aliphatic carbocycles. The summed E-state index contributed by atoms with van der Waals surface area (Å²) in [5.74, 6) is -0.175. The van der Waals surface area contributed by atoms with E-state index in [1.54, 1.807) is 43.5 Å². The van der Waals surface area contributed by atoms with Crippen LogP contribution in [0, 0.1) is 0 Å². The molecule has 1 unspecified atom stereocenters. The van der Waals surface area contributed by atoms with E-state index in [2.05, 4.69) is 21.2 Å². The van der Waals surface area contributed by atoms with Crippen LogP contribution in [0.5, 0.6) is 5.75 Å². The zero-order valence-corrected chi connectivity index (χ0v) is 25.4. The van der Waals surface area contributed by atoms with Crippen LogP contribution in [0.15, 0.2) is 83.3 Å². The van der Waals surface area contributed by atoms with Crippen LogP contribution in [-0.2, 0) is 32.6 Å². The van der Waals surface area contributed by atoms with Crippen molar-refractivity contribution in [1.29, 1.82) is 0 Å². The van der Waals surface area contributed by atoms with Crippen molar-refractivity contribution in [2.45, 2.75) is 38.8 Å². The fraction of sp³-hybridized carbons (Fsp3) is 0.333. The number of amides is 2. The largest absolute Gasteiger partial charge is 0.497 e. The van der Waals surface area contributed by atoms with Crippen LogP contribution in [0.25, 0.3) is 0 Å². The monoisotopic (exact) mass is 629 g/mol. The molecule has 1 N–H and O–H groups in total. The first kappa shape index (κ1) is 31.2. The fourth-order valence-corrected chi connectivity index (χ4v) is 5.50. The molecular weight excluding hydrogens is 594 g/mol. The number of halogens is 1. The lowest BCUT2D eigenvalue weighted by Crippen LogP contribution is -2.53. The minimum atomic E-state index is -3.82. The number of benzene rings is 3. The van der Waals surface area contributed by atoms with E-state index in [4.69, 9.17) is 4.74 Å². The molecule has 40 heavy (non-hydrogen) atoms. The molecule has 0 radical (unpaired) electrons. The van der Waals surface area contributed by atoms with Crippen LogP contribution in [0.4, 0.5) is 5.69 Å². The second kappa shape index (κ2) is 14.9. The number of carbonyl (C=O) groups is 2. The van der Waals surface area contributed by atoms with Gasteiger partial charge in [-0.15, -0.1) is 0 Å². The van der Waals surface area contributed by atoms with Gasteiger partial charge < -0.3 is 15.0 Å². The molecule has 3 rings (SSSR count). The highest BCUT2D eigenvalue weighted by molar-refractivity contribution is 9.10. The number of sulfonamides is 1. The summed E-state index contributed by atoms with van der Waals surface area (Å²) < 4.78 is 32.8. The molecule has 0 aromatic heterocycles. The molecule has 0 spiro atoms. The van der Waals surface area contributed by atoms with Gasteiger partial charge in [0.05, 0.1) is 19.1 Å². The Morgan fingerprint density at radius 1 is 0.975 bits per heavy atom. The first-order valence-corrected chi connectivity index (χ1v) is 15.7. The minimum absolute atomic E-state index is 0.0881. The third kappa shape index (κ3) is 9.09. The van der Waals surface area contributed by atoms with E-state index in [0.717, 1.165) is 34.5 Å². The van der Waals surface area contributed by atoms with E-state index >= 15 is 0 Å². The highest BCUT2D eigenvalue weighted by atomic mass is 79.9. The van der Waals surface area contributed by atoms with Gasteiger partial charge in [0, 0.05) is 24.0 Å². The van der Waals surface area contributed by atoms with Crippen LogP contribution in [0.1, 0.15) is 30.9 Å². The molecule has 214 valence electrons. The summed E-state index contributed by atoms with van der Waals surface area (Å²) in [5, 5.41) is 2.97. The Bertz CT molecular complexity index is 1380. The summed E-state index contributed by atoms with van der Waals surface area (Å²) >= 11 is 3.38. The Balaban J connectivity index is 2.04. The SMILES string of the molecule is CCCCNC(=O)C(Cc1ccccc1)N(Cc1cccc(OC)c1)C(=O)CN(c1cccc(Br)c1)S(C)(=O)=O. The van der Waals surface area contributed by atoms with Crippen molar-refractivity contribution >= 4 is 43.5 Å². The normalized spacial score (nSPS) is 11.9. The van der Waals surface area contributed by atoms with Crippen molar-refractivity contribution in [3.63, 3.8) is 0 Å². The molecule has 10 heteroatoms. The van der Waals surface area contributed by atoms with Gasteiger partial charge in [-0.05, 0) is 47.9 Å². The van der Waals surface area contributed by atoms with Crippen molar-refractivity contribution in [3.8, 4) is 5.75 Å². The molecule has 8 nitrogen and oxygen atoms in total. The Morgan fingerprint density at radius 3 is 2.33 bits per heavy atom. The zero-order valence-electron chi connectivity index (χ0n) is 23.0. The third-order valence-electron chi connectivity index (χ3n) is 6.36. The Morgan fingerprint density at radius 2 is 1.68 bits per heavy atom. The van der Waals surface area contributed by atoms with Gasteiger partial charge in [-0.2, -0.15) is 0 Å². The highest BCUT2D eigenvalue weighted by Crippen LogP contribution is 2.24. The number of carbonyl (C=O) groups excluding carboxylic acids is 2. The van der Waals surface area contributed by atoms with Crippen LogP contribution in [0.2, 0.25) is 0 Å². The predicted octanol–water partition coefficient (Wildman–Crippen LogP) is 4.78. The number of nitrogens with zero attached hydrogens (tertiary/aromatic N) is 2. The Labute approximate surface area is 245 Å². The minimum Gasteiger partial charge on any atom is -0.497 e. The molecule has 3 aromatic rings. The lowest BCUT2D eigenvalue weighted by molar-refractivity contribution is -0.140. The second-order valence-electron chi connectivity index (χ2n) is 9.47. The number of rotatable bonds is 14. The molecule has 0 saturated carbocycles. The number of hydrogen-bond acceptors (Lipinski definition) is 5. The first-order chi connectivity index (χ1) is 19.1. The van der Waals surface area contributed by atoms with E-state index in [0.29, 0.717) is 22.5 Å². The Kier molecular flexibility index (Phi) is 11.6. The molecule has 1 atom stereocenters. The summed E-state index contributed by atoms with van der Waals surface area (Å²) in [5.41, 5.74) is 1.98. The predicted molar refractivity (Wildman–Crippen MR) is 162 cm³/mol. The summed E-state index contributed by atoms with van der Waals surface area (Å²) in [6.45, 7) is 2.14. The molecule has 2 amide bonds. The van der Waals surface area contributed by atoms with E-state index in [9.17, 15) is 18.0 Å². The van der Waals surface area contributed by atoms with E-state index < -0.39 is 28.5 Å². The van der Waals surface area contributed by atoms with E-state index in [1.807, 2.05) is 49.4 Å². The number of ether oxygens (including phenoxy) is 1. The molecule has 0 aliphatic heterocycles. The number of methoxy groups -OCH3 is 1. The summed E-state index contributed by atoms with van der Waals surface area (Å²) in [7, 11) is -2.27. The molecule has 3 aromatic carbocycles. The number of unbranched alkanes of at least 4 members (excludes halogenated alkanes) is 1. The quantitative estimate of drug-likeness (QED) is 0.259. The maximum Gasteiger partial charge on any atom is 0.244 e. The van der Waals surface area contributed by atoms with E-state index in [-0.39, 0.29) is 18.9 Å². The third-order valence-corrected chi connectivity index (χ3v) is 8.00. The van der Waals surface area contributed by atoms with Crippen molar-refractivity contribution in [2.24, 2.45) is 0 Å². The maximum absolute atomic E-state index is 14.1. The van der Waals surface area contributed by atoms with Crippen LogP contribution < -0.4 is 14.4 Å². The highest BCUT2D eigenvalue weighted by Gasteiger charge is 2.33. The van der Waals surface area contributed by atoms with Crippen LogP contribution >= 0.6 is 15.9 Å². The van der Waals surface area contributed by atoms with Gasteiger partial charge in [0.1, 0.15) is 18.3 Å². The second-order valence-corrected chi connectivity index (χ2v) is 12.3.